The van der Waals surface area contributed by atoms with Crippen LogP contribution >= 0.6 is 0 Å². The molecule has 0 saturated heterocycles. The maximum absolute atomic E-state index is 12.8. The molecular formula is C10H10F4N2O4S. The number of ether oxygens (including phenoxy) is 1. The molecule has 0 aromatic heterocycles. The van der Waals surface area contributed by atoms with Crippen LogP contribution in [-0.4, -0.2) is 33.8 Å². The van der Waals surface area contributed by atoms with Crippen molar-refractivity contribution in [1.82, 2.24) is 0 Å². The van der Waals surface area contributed by atoms with Crippen molar-refractivity contribution >= 4 is 21.6 Å². The second-order valence-corrected chi connectivity index (χ2v) is 5.32. The van der Waals surface area contributed by atoms with E-state index in [9.17, 15) is 30.8 Å². The van der Waals surface area contributed by atoms with Crippen LogP contribution in [0.3, 0.4) is 0 Å². The van der Waals surface area contributed by atoms with Crippen molar-refractivity contribution in [3.63, 3.8) is 0 Å². The molecule has 0 aliphatic rings. The Hall–Kier alpha value is -1.88. The number of hydrogen-bond acceptors (Lipinski definition) is 4. The predicted molar refractivity (Wildman–Crippen MR) is 63.9 cm³/mol. The molecule has 0 bridgehead atoms. The third-order valence-electron chi connectivity index (χ3n) is 2.30. The molecule has 0 spiro atoms. The molecule has 0 fully saturated rings. The first-order valence-electron chi connectivity index (χ1n) is 5.18. The van der Waals surface area contributed by atoms with E-state index in [-0.39, 0.29) is 5.75 Å². The summed E-state index contributed by atoms with van der Waals surface area (Å²) in [4.78, 5) is 10.4. The van der Waals surface area contributed by atoms with Gasteiger partial charge in [0.05, 0.1) is 7.11 Å². The van der Waals surface area contributed by atoms with Gasteiger partial charge in [0.25, 0.3) is 0 Å². The molecule has 1 rings (SSSR count). The molecule has 118 valence electrons. The van der Waals surface area contributed by atoms with Gasteiger partial charge in [0.15, 0.2) is 0 Å². The molecule has 1 aromatic carbocycles. The SMILES string of the molecule is COc1ccc(NC(=O)C(F)(F)C(F)F)cc1S(N)(=O)=O. The Morgan fingerprint density at radius 1 is 1.38 bits per heavy atom. The average molecular weight is 330 g/mol. The average Bonchev–Trinajstić information content (AvgIpc) is 2.37. The van der Waals surface area contributed by atoms with Gasteiger partial charge in [0.1, 0.15) is 10.6 Å². The molecular weight excluding hydrogens is 320 g/mol. The van der Waals surface area contributed by atoms with Crippen LogP contribution in [0, 0.1) is 0 Å². The van der Waals surface area contributed by atoms with Crippen LogP contribution in [0.4, 0.5) is 23.2 Å². The molecule has 6 nitrogen and oxygen atoms in total. The van der Waals surface area contributed by atoms with Crippen molar-refractivity contribution < 1.29 is 35.5 Å². The van der Waals surface area contributed by atoms with Crippen molar-refractivity contribution in [3.05, 3.63) is 18.2 Å². The zero-order chi connectivity index (χ0) is 16.4. The quantitative estimate of drug-likeness (QED) is 0.792. The molecule has 1 aromatic rings. The summed E-state index contributed by atoms with van der Waals surface area (Å²) in [5.41, 5.74) is -0.454. The Balaban J connectivity index is 3.15. The third kappa shape index (κ3) is 3.82. The monoisotopic (exact) mass is 330 g/mol. The molecule has 1 amide bonds. The summed E-state index contributed by atoms with van der Waals surface area (Å²) in [5.74, 6) is -7.39. The van der Waals surface area contributed by atoms with Gasteiger partial charge >= 0.3 is 18.3 Å². The molecule has 0 atom stereocenters. The first-order valence-corrected chi connectivity index (χ1v) is 6.73. The summed E-state index contributed by atoms with van der Waals surface area (Å²) < 4.78 is 76.8. The number of anilines is 1. The topological polar surface area (TPSA) is 98.5 Å². The highest BCUT2D eigenvalue weighted by atomic mass is 32.2. The lowest BCUT2D eigenvalue weighted by Crippen LogP contribution is -2.41. The number of amides is 1. The number of sulfonamides is 1. The summed E-state index contributed by atoms with van der Waals surface area (Å²) in [7, 11) is -3.14. The number of halogens is 4. The number of nitrogens with one attached hydrogen (secondary N) is 1. The Bertz CT molecular complexity index is 648. The first-order chi connectivity index (χ1) is 9.50. The lowest BCUT2D eigenvalue weighted by Gasteiger charge is -2.15. The van der Waals surface area contributed by atoms with Gasteiger partial charge in [-0.2, -0.15) is 8.78 Å². The smallest absolute Gasteiger partial charge is 0.383 e. The van der Waals surface area contributed by atoms with E-state index in [4.69, 9.17) is 9.88 Å². The maximum Gasteiger partial charge on any atom is 0.383 e. The van der Waals surface area contributed by atoms with Gasteiger partial charge in [-0.15, -0.1) is 0 Å². The normalized spacial score (nSPS) is 12.3. The molecule has 0 unspecified atom stereocenters. The highest BCUT2D eigenvalue weighted by Crippen LogP contribution is 2.28. The number of hydrogen-bond donors (Lipinski definition) is 2. The molecule has 11 heteroatoms. The summed E-state index contributed by atoms with van der Waals surface area (Å²) in [5, 5.41) is 6.36. The van der Waals surface area contributed by atoms with Crippen LogP contribution in [0.5, 0.6) is 5.75 Å². The highest BCUT2D eigenvalue weighted by Gasteiger charge is 2.49. The van der Waals surface area contributed by atoms with E-state index in [1.807, 2.05) is 0 Å². The van der Waals surface area contributed by atoms with Gasteiger partial charge in [-0.05, 0) is 18.2 Å². The second kappa shape index (κ2) is 5.85. The predicted octanol–water partition coefficient (Wildman–Crippen LogP) is 1.18. The fourth-order valence-corrected chi connectivity index (χ4v) is 2.01. The van der Waals surface area contributed by atoms with Crippen molar-refractivity contribution in [2.24, 2.45) is 5.14 Å². The van der Waals surface area contributed by atoms with Gasteiger partial charge in [-0.1, -0.05) is 0 Å². The Morgan fingerprint density at radius 3 is 2.38 bits per heavy atom. The molecule has 0 heterocycles. The van der Waals surface area contributed by atoms with Crippen LogP contribution in [-0.2, 0) is 14.8 Å². The minimum absolute atomic E-state index is 0.198. The molecule has 0 saturated carbocycles. The van der Waals surface area contributed by atoms with Gasteiger partial charge in [0, 0.05) is 5.69 Å². The summed E-state index contributed by atoms with van der Waals surface area (Å²) in [6.45, 7) is 0. The van der Waals surface area contributed by atoms with E-state index in [0.717, 1.165) is 19.2 Å². The van der Waals surface area contributed by atoms with E-state index >= 15 is 0 Å². The van der Waals surface area contributed by atoms with E-state index < -0.39 is 38.9 Å². The standard InChI is InChI=1S/C10H10F4N2O4S/c1-20-6-3-2-5(4-7(6)21(15,18)19)16-9(17)10(13,14)8(11)12/h2-4,8H,1H3,(H,16,17)(H2,15,18,19). The van der Waals surface area contributed by atoms with Gasteiger partial charge in [-0.25, -0.2) is 22.3 Å². The van der Waals surface area contributed by atoms with Crippen molar-refractivity contribution in [2.45, 2.75) is 17.2 Å². The number of carbonyl (C=O) groups excluding carboxylic acids is 1. The van der Waals surface area contributed by atoms with Crippen molar-refractivity contribution in [1.29, 1.82) is 0 Å². The molecule has 0 radical (unpaired) electrons. The summed E-state index contributed by atoms with van der Waals surface area (Å²) >= 11 is 0. The van der Waals surface area contributed by atoms with Gasteiger partial charge in [0.2, 0.25) is 10.0 Å². The van der Waals surface area contributed by atoms with Crippen molar-refractivity contribution in [3.8, 4) is 5.75 Å². The number of nitrogens with two attached hydrogens (primary N) is 1. The highest BCUT2D eigenvalue weighted by molar-refractivity contribution is 7.89. The van der Waals surface area contributed by atoms with Gasteiger partial charge in [-0.3, -0.25) is 4.79 Å². The van der Waals surface area contributed by atoms with E-state index in [0.29, 0.717) is 6.07 Å². The Labute approximate surface area is 116 Å². The zero-order valence-corrected chi connectivity index (χ0v) is 11.3. The van der Waals surface area contributed by atoms with Crippen LogP contribution in [0.1, 0.15) is 0 Å². The molecule has 21 heavy (non-hydrogen) atoms. The number of methoxy groups -OCH3 is 1. The van der Waals surface area contributed by atoms with Crippen molar-refractivity contribution in [2.75, 3.05) is 12.4 Å². The lowest BCUT2D eigenvalue weighted by atomic mass is 10.2. The molecule has 3 N–H and O–H groups in total. The fraction of sp³-hybridized carbons (Fsp3) is 0.300. The number of benzene rings is 1. The van der Waals surface area contributed by atoms with Crippen LogP contribution in [0.25, 0.3) is 0 Å². The Morgan fingerprint density at radius 2 is 1.95 bits per heavy atom. The first kappa shape index (κ1) is 17.2. The van der Waals surface area contributed by atoms with Crippen LogP contribution < -0.4 is 15.2 Å². The number of rotatable bonds is 5. The summed E-state index contributed by atoms with van der Waals surface area (Å²) in [6, 6.07) is 2.73. The van der Waals surface area contributed by atoms with E-state index in [1.54, 1.807) is 0 Å². The van der Waals surface area contributed by atoms with Crippen LogP contribution in [0.2, 0.25) is 0 Å². The minimum Gasteiger partial charge on any atom is -0.495 e. The van der Waals surface area contributed by atoms with E-state index in [2.05, 4.69) is 0 Å². The second-order valence-electron chi connectivity index (χ2n) is 3.79. The fourth-order valence-electron chi connectivity index (χ4n) is 1.29. The number of carbonyl (C=O) groups is 1. The zero-order valence-electron chi connectivity index (χ0n) is 10.4. The van der Waals surface area contributed by atoms with Crippen LogP contribution in [0.15, 0.2) is 23.1 Å². The molecule has 0 aliphatic heterocycles. The number of alkyl halides is 4. The number of primary sulfonamides is 1. The Kier molecular flexibility index (Phi) is 4.79. The largest absolute Gasteiger partial charge is 0.495 e. The summed E-state index contributed by atoms with van der Waals surface area (Å²) in [6.07, 6.45) is -4.20. The van der Waals surface area contributed by atoms with Gasteiger partial charge < -0.3 is 10.1 Å². The molecule has 0 aliphatic carbocycles. The van der Waals surface area contributed by atoms with E-state index in [1.165, 1.54) is 5.32 Å². The maximum atomic E-state index is 12.8. The third-order valence-corrected chi connectivity index (χ3v) is 3.24. The lowest BCUT2D eigenvalue weighted by molar-refractivity contribution is -0.163. The minimum atomic E-state index is -4.91.